The standard InChI is InChI=1S/C20H23NO3S/c1-23-18-7-5-4-6-17(18)19(24-2)14-21-20(22)13-10-15-8-11-16(25-3)12-9-15/h4-13,19H,14H2,1-3H3,(H,21,22). The number of nitrogens with one attached hydrogen (secondary N) is 1. The van der Waals surface area contributed by atoms with E-state index in [-0.39, 0.29) is 12.0 Å². The van der Waals surface area contributed by atoms with Crippen molar-refractivity contribution in [3.63, 3.8) is 0 Å². The van der Waals surface area contributed by atoms with Gasteiger partial charge >= 0.3 is 0 Å². The molecule has 1 atom stereocenters. The van der Waals surface area contributed by atoms with Gasteiger partial charge in [-0.2, -0.15) is 0 Å². The van der Waals surface area contributed by atoms with E-state index in [1.807, 2.05) is 54.8 Å². The number of para-hydroxylation sites is 1. The van der Waals surface area contributed by atoms with Crippen molar-refractivity contribution in [1.82, 2.24) is 5.32 Å². The fourth-order valence-corrected chi connectivity index (χ4v) is 2.80. The van der Waals surface area contributed by atoms with Crippen LogP contribution >= 0.6 is 11.8 Å². The molecule has 0 aromatic heterocycles. The Hall–Kier alpha value is -2.24. The topological polar surface area (TPSA) is 47.6 Å². The molecule has 0 aliphatic carbocycles. The highest BCUT2D eigenvalue weighted by molar-refractivity contribution is 7.98. The first kappa shape index (κ1) is 19.1. The molecular formula is C20H23NO3S. The second kappa shape index (κ2) is 9.91. The SMILES string of the molecule is COc1ccccc1C(CNC(=O)C=Cc1ccc(SC)cc1)OC. The van der Waals surface area contributed by atoms with E-state index in [2.05, 4.69) is 5.32 Å². The Morgan fingerprint density at radius 1 is 1.16 bits per heavy atom. The van der Waals surface area contributed by atoms with Gasteiger partial charge in [-0.15, -0.1) is 11.8 Å². The maximum atomic E-state index is 12.1. The van der Waals surface area contributed by atoms with E-state index < -0.39 is 0 Å². The van der Waals surface area contributed by atoms with Gasteiger partial charge in [0.1, 0.15) is 11.9 Å². The minimum Gasteiger partial charge on any atom is -0.496 e. The lowest BCUT2D eigenvalue weighted by Crippen LogP contribution is -2.27. The van der Waals surface area contributed by atoms with Crippen LogP contribution in [0.4, 0.5) is 0 Å². The highest BCUT2D eigenvalue weighted by Crippen LogP contribution is 2.26. The minimum atomic E-state index is -0.269. The number of hydrogen-bond donors (Lipinski definition) is 1. The van der Waals surface area contributed by atoms with Crippen LogP contribution in [0.5, 0.6) is 5.75 Å². The predicted octanol–water partition coefficient (Wildman–Crippen LogP) is 3.93. The molecule has 132 valence electrons. The second-order valence-electron chi connectivity index (χ2n) is 5.32. The van der Waals surface area contributed by atoms with Crippen molar-refractivity contribution < 1.29 is 14.3 Å². The largest absolute Gasteiger partial charge is 0.496 e. The van der Waals surface area contributed by atoms with Gasteiger partial charge < -0.3 is 14.8 Å². The summed E-state index contributed by atoms with van der Waals surface area (Å²) in [5.41, 5.74) is 1.89. The van der Waals surface area contributed by atoms with Crippen molar-refractivity contribution in [2.24, 2.45) is 0 Å². The van der Waals surface area contributed by atoms with E-state index >= 15 is 0 Å². The first-order valence-electron chi connectivity index (χ1n) is 7.93. The molecule has 1 amide bonds. The average molecular weight is 357 g/mol. The number of thioether (sulfide) groups is 1. The number of benzene rings is 2. The van der Waals surface area contributed by atoms with Crippen LogP contribution in [0.25, 0.3) is 6.08 Å². The Morgan fingerprint density at radius 2 is 1.88 bits per heavy atom. The highest BCUT2D eigenvalue weighted by Gasteiger charge is 2.15. The number of ether oxygens (including phenoxy) is 2. The molecule has 1 N–H and O–H groups in total. The fraction of sp³-hybridized carbons (Fsp3) is 0.250. The third-order valence-corrected chi connectivity index (χ3v) is 4.52. The monoisotopic (exact) mass is 357 g/mol. The molecule has 0 bridgehead atoms. The Labute approximate surface area is 153 Å². The van der Waals surface area contributed by atoms with Crippen LogP contribution in [0, 0.1) is 0 Å². The lowest BCUT2D eigenvalue weighted by molar-refractivity contribution is -0.117. The molecule has 2 rings (SSSR count). The maximum Gasteiger partial charge on any atom is 0.244 e. The smallest absolute Gasteiger partial charge is 0.244 e. The molecule has 0 aliphatic heterocycles. The number of carbonyl (C=O) groups excluding carboxylic acids is 1. The molecule has 0 spiro atoms. The molecule has 2 aromatic rings. The van der Waals surface area contributed by atoms with Crippen molar-refractivity contribution in [3.8, 4) is 5.75 Å². The van der Waals surface area contributed by atoms with Gasteiger partial charge in [0, 0.05) is 30.2 Å². The van der Waals surface area contributed by atoms with Crippen LogP contribution in [-0.2, 0) is 9.53 Å². The summed E-state index contributed by atoms with van der Waals surface area (Å²) in [7, 11) is 3.24. The van der Waals surface area contributed by atoms with Crippen LogP contribution in [0.15, 0.2) is 59.5 Å². The van der Waals surface area contributed by atoms with Gasteiger partial charge in [0.25, 0.3) is 0 Å². The first-order chi connectivity index (χ1) is 12.2. The van der Waals surface area contributed by atoms with Gasteiger partial charge in [-0.3, -0.25) is 4.79 Å². The Bertz CT molecular complexity index is 713. The van der Waals surface area contributed by atoms with Gasteiger partial charge in [0.15, 0.2) is 0 Å². The summed E-state index contributed by atoms with van der Waals surface area (Å²) in [6, 6.07) is 15.7. The molecule has 0 saturated carbocycles. The number of hydrogen-bond acceptors (Lipinski definition) is 4. The zero-order valence-electron chi connectivity index (χ0n) is 14.7. The van der Waals surface area contributed by atoms with Crippen molar-refractivity contribution in [2.45, 2.75) is 11.0 Å². The van der Waals surface area contributed by atoms with E-state index in [0.717, 1.165) is 16.9 Å². The fourth-order valence-electron chi connectivity index (χ4n) is 2.39. The third-order valence-electron chi connectivity index (χ3n) is 3.77. The maximum absolute atomic E-state index is 12.1. The molecule has 0 fully saturated rings. The van der Waals surface area contributed by atoms with Gasteiger partial charge in [-0.25, -0.2) is 0 Å². The molecule has 0 heterocycles. The zero-order valence-corrected chi connectivity index (χ0v) is 15.5. The van der Waals surface area contributed by atoms with Gasteiger partial charge in [-0.05, 0) is 36.1 Å². The van der Waals surface area contributed by atoms with Crippen molar-refractivity contribution in [1.29, 1.82) is 0 Å². The molecule has 0 aliphatic rings. The lowest BCUT2D eigenvalue weighted by Gasteiger charge is -2.18. The Morgan fingerprint density at radius 3 is 2.52 bits per heavy atom. The van der Waals surface area contributed by atoms with E-state index in [9.17, 15) is 4.79 Å². The molecular weight excluding hydrogens is 334 g/mol. The number of amides is 1. The molecule has 5 heteroatoms. The van der Waals surface area contributed by atoms with Crippen molar-refractivity contribution in [3.05, 3.63) is 65.7 Å². The summed E-state index contributed by atoms with van der Waals surface area (Å²) < 4.78 is 10.8. The molecule has 1 unspecified atom stereocenters. The van der Waals surface area contributed by atoms with Crippen LogP contribution in [0.2, 0.25) is 0 Å². The summed E-state index contributed by atoms with van der Waals surface area (Å²) >= 11 is 1.69. The third kappa shape index (κ3) is 5.66. The van der Waals surface area contributed by atoms with Gasteiger partial charge in [-0.1, -0.05) is 30.3 Å². The predicted molar refractivity (Wildman–Crippen MR) is 103 cm³/mol. The molecule has 2 aromatic carbocycles. The van der Waals surface area contributed by atoms with E-state index in [1.54, 1.807) is 32.1 Å². The highest BCUT2D eigenvalue weighted by atomic mass is 32.2. The van der Waals surface area contributed by atoms with Crippen LogP contribution in [-0.4, -0.2) is 32.9 Å². The average Bonchev–Trinajstić information content (AvgIpc) is 2.67. The quantitative estimate of drug-likeness (QED) is 0.574. The van der Waals surface area contributed by atoms with Crippen molar-refractivity contribution >= 4 is 23.7 Å². The van der Waals surface area contributed by atoms with Crippen molar-refractivity contribution in [2.75, 3.05) is 27.0 Å². The summed E-state index contributed by atoms with van der Waals surface area (Å²) in [4.78, 5) is 13.3. The number of methoxy groups -OCH3 is 2. The summed E-state index contributed by atoms with van der Waals surface area (Å²) in [5, 5.41) is 2.87. The summed E-state index contributed by atoms with van der Waals surface area (Å²) in [6.07, 6.45) is 5.09. The number of carbonyl (C=O) groups is 1. The lowest BCUT2D eigenvalue weighted by atomic mass is 10.1. The van der Waals surface area contributed by atoms with E-state index in [0.29, 0.717) is 6.54 Å². The number of rotatable bonds is 8. The first-order valence-corrected chi connectivity index (χ1v) is 9.16. The Balaban J connectivity index is 1.94. The second-order valence-corrected chi connectivity index (χ2v) is 6.20. The molecule has 0 radical (unpaired) electrons. The van der Waals surface area contributed by atoms with Crippen LogP contribution in [0.1, 0.15) is 17.2 Å². The Kier molecular flexibility index (Phi) is 7.57. The molecule has 25 heavy (non-hydrogen) atoms. The molecule has 4 nitrogen and oxygen atoms in total. The van der Waals surface area contributed by atoms with Crippen LogP contribution < -0.4 is 10.1 Å². The minimum absolute atomic E-state index is 0.161. The summed E-state index contributed by atoms with van der Waals surface area (Å²) in [5.74, 6) is 0.582. The van der Waals surface area contributed by atoms with Crippen LogP contribution in [0.3, 0.4) is 0 Å². The van der Waals surface area contributed by atoms with E-state index in [4.69, 9.17) is 9.47 Å². The van der Waals surface area contributed by atoms with Gasteiger partial charge in [0.2, 0.25) is 5.91 Å². The van der Waals surface area contributed by atoms with E-state index in [1.165, 1.54) is 11.0 Å². The molecule has 0 saturated heterocycles. The zero-order chi connectivity index (χ0) is 18.1. The normalized spacial score (nSPS) is 12.1. The van der Waals surface area contributed by atoms with Gasteiger partial charge in [0.05, 0.1) is 7.11 Å². The summed E-state index contributed by atoms with van der Waals surface area (Å²) in [6.45, 7) is 0.367.